The molecule has 1 fully saturated rings. The van der Waals surface area contributed by atoms with E-state index >= 15 is 0 Å². The fourth-order valence-electron chi connectivity index (χ4n) is 5.87. The number of allylic oxidation sites excluding steroid dienone is 4. The smallest absolute Gasteiger partial charge is 0.335 e. The van der Waals surface area contributed by atoms with E-state index in [-0.39, 0.29) is 22.3 Å². The van der Waals surface area contributed by atoms with Crippen LogP contribution in [0.5, 0.6) is 0 Å². The van der Waals surface area contributed by atoms with Gasteiger partial charge in [0.1, 0.15) is 0 Å². The Bertz CT molecular complexity index is 969. The second kappa shape index (κ2) is 6.17. The third-order valence-corrected chi connectivity index (χ3v) is 6.69. The first-order valence-corrected chi connectivity index (χ1v) is 9.05. The number of hydrogen-bond acceptors (Lipinski definition) is 8. The van der Waals surface area contributed by atoms with Gasteiger partial charge >= 0.3 is 23.9 Å². The maximum Gasteiger partial charge on any atom is 0.335 e. The third-order valence-electron chi connectivity index (χ3n) is 6.69. The van der Waals surface area contributed by atoms with Crippen molar-refractivity contribution in [1.82, 2.24) is 0 Å². The van der Waals surface area contributed by atoms with E-state index in [4.69, 9.17) is 18.9 Å². The molecule has 8 nitrogen and oxygen atoms in total. The molecule has 2 bridgehead atoms. The Morgan fingerprint density at radius 3 is 1.86 bits per heavy atom. The maximum absolute atomic E-state index is 12.8. The Hall–Kier alpha value is -3.16. The molecule has 0 aromatic rings. The van der Waals surface area contributed by atoms with Crippen LogP contribution in [-0.2, 0) is 38.1 Å². The van der Waals surface area contributed by atoms with E-state index < -0.39 is 46.5 Å². The Morgan fingerprint density at radius 1 is 0.759 bits per heavy atom. The molecule has 4 atom stereocenters. The standard InChI is InChI=1S/C21H20O8/c1-26-16(22)11-10-9-20(14(11)18(24)28-3)7-5-6-8-21(20)13(10)12(17(23)27-2)15(21)19(25)29-4/h5-8,10,13H,9H2,1-4H3/t10-,13-,20-,21-/m0/s1. The molecule has 0 radical (unpaired) electrons. The quantitative estimate of drug-likeness (QED) is 0.509. The van der Waals surface area contributed by atoms with E-state index in [0.29, 0.717) is 6.42 Å². The van der Waals surface area contributed by atoms with Crippen LogP contribution >= 0.6 is 0 Å². The predicted molar refractivity (Wildman–Crippen MR) is 96.9 cm³/mol. The molecule has 4 aliphatic carbocycles. The van der Waals surface area contributed by atoms with Crippen molar-refractivity contribution in [3.63, 3.8) is 0 Å². The largest absolute Gasteiger partial charge is 0.466 e. The summed E-state index contributed by atoms with van der Waals surface area (Å²) in [4.78, 5) is 50.8. The predicted octanol–water partition coefficient (Wildman–Crippen LogP) is 1.03. The van der Waals surface area contributed by atoms with Crippen molar-refractivity contribution in [3.05, 3.63) is 46.6 Å². The topological polar surface area (TPSA) is 105 Å². The molecule has 152 valence electrons. The summed E-state index contributed by atoms with van der Waals surface area (Å²) in [6.07, 6.45) is 7.50. The monoisotopic (exact) mass is 400 g/mol. The van der Waals surface area contributed by atoms with Gasteiger partial charge in [-0.3, -0.25) is 0 Å². The lowest BCUT2D eigenvalue weighted by Gasteiger charge is -2.56. The maximum atomic E-state index is 12.8. The second-order valence-electron chi connectivity index (χ2n) is 7.39. The van der Waals surface area contributed by atoms with Gasteiger partial charge in [0.25, 0.3) is 0 Å². The van der Waals surface area contributed by atoms with Crippen LogP contribution in [0.15, 0.2) is 46.6 Å². The Morgan fingerprint density at radius 2 is 1.28 bits per heavy atom. The zero-order valence-electron chi connectivity index (χ0n) is 16.4. The molecular formula is C21H20O8. The van der Waals surface area contributed by atoms with Gasteiger partial charge < -0.3 is 18.9 Å². The highest BCUT2D eigenvalue weighted by atomic mass is 16.5. The van der Waals surface area contributed by atoms with E-state index in [1.807, 2.05) is 6.08 Å². The SMILES string of the molecule is COC(=O)C1=C(C(=O)OC)[C@@]23C=CC=C[C@@]24C[C@@H](C(C(=O)OC)=C4C(=O)OC)[C@@H]13. The summed E-state index contributed by atoms with van der Waals surface area (Å²) in [7, 11) is 4.92. The van der Waals surface area contributed by atoms with Crippen LogP contribution in [-0.4, -0.2) is 52.3 Å². The number of hydrogen-bond donors (Lipinski definition) is 0. The summed E-state index contributed by atoms with van der Waals surface area (Å²) in [5.74, 6) is -3.67. The summed E-state index contributed by atoms with van der Waals surface area (Å²) < 4.78 is 19.8. The molecule has 0 N–H and O–H groups in total. The molecule has 8 heteroatoms. The highest BCUT2D eigenvalue weighted by molar-refractivity contribution is 6.11. The van der Waals surface area contributed by atoms with Gasteiger partial charge in [0, 0.05) is 22.7 Å². The van der Waals surface area contributed by atoms with E-state index in [1.54, 1.807) is 18.2 Å². The molecule has 4 rings (SSSR count). The Balaban J connectivity index is 2.04. The zero-order chi connectivity index (χ0) is 21.1. The van der Waals surface area contributed by atoms with Gasteiger partial charge in [0.05, 0.1) is 50.7 Å². The third kappa shape index (κ3) is 1.93. The van der Waals surface area contributed by atoms with Crippen molar-refractivity contribution in [2.45, 2.75) is 6.42 Å². The van der Waals surface area contributed by atoms with E-state index in [0.717, 1.165) is 0 Å². The lowest BCUT2D eigenvalue weighted by atomic mass is 9.43. The molecule has 2 spiro atoms. The summed E-state index contributed by atoms with van der Waals surface area (Å²) in [6, 6.07) is 0. The summed E-state index contributed by atoms with van der Waals surface area (Å²) in [5, 5.41) is 0. The highest BCUT2D eigenvalue weighted by Gasteiger charge is 2.79. The summed E-state index contributed by atoms with van der Waals surface area (Å²) >= 11 is 0. The number of ether oxygens (including phenoxy) is 4. The molecule has 0 unspecified atom stereocenters. The van der Waals surface area contributed by atoms with Gasteiger partial charge in [-0.2, -0.15) is 0 Å². The van der Waals surface area contributed by atoms with Gasteiger partial charge in [-0.15, -0.1) is 0 Å². The first kappa shape index (κ1) is 19.2. The lowest BCUT2D eigenvalue weighted by molar-refractivity contribution is -0.146. The average molecular weight is 400 g/mol. The molecule has 0 aromatic heterocycles. The number of methoxy groups -OCH3 is 4. The molecule has 4 aliphatic rings. The number of carbonyl (C=O) groups excluding carboxylic acids is 4. The minimum atomic E-state index is -1.02. The van der Waals surface area contributed by atoms with Crippen molar-refractivity contribution in [2.24, 2.45) is 22.7 Å². The van der Waals surface area contributed by atoms with Gasteiger partial charge in [-0.1, -0.05) is 24.3 Å². The van der Waals surface area contributed by atoms with Crippen molar-refractivity contribution < 1.29 is 38.1 Å². The van der Waals surface area contributed by atoms with Crippen molar-refractivity contribution in [3.8, 4) is 0 Å². The van der Waals surface area contributed by atoms with Gasteiger partial charge in [0.2, 0.25) is 0 Å². The van der Waals surface area contributed by atoms with Crippen molar-refractivity contribution in [1.29, 1.82) is 0 Å². The van der Waals surface area contributed by atoms with Crippen molar-refractivity contribution in [2.75, 3.05) is 28.4 Å². The number of rotatable bonds is 4. The Kier molecular flexibility index (Phi) is 4.08. The lowest BCUT2D eigenvalue weighted by Crippen LogP contribution is -2.57. The number of fused-ring (bicyclic) bond motifs is 2. The van der Waals surface area contributed by atoms with Crippen LogP contribution < -0.4 is 0 Å². The van der Waals surface area contributed by atoms with Crippen LogP contribution in [0.1, 0.15) is 6.42 Å². The van der Waals surface area contributed by atoms with E-state index in [1.165, 1.54) is 28.4 Å². The summed E-state index contributed by atoms with van der Waals surface area (Å²) in [5.41, 5.74) is -1.33. The minimum Gasteiger partial charge on any atom is -0.466 e. The molecule has 0 aliphatic heterocycles. The van der Waals surface area contributed by atoms with Gasteiger partial charge in [-0.25, -0.2) is 19.2 Å². The molecule has 1 saturated carbocycles. The summed E-state index contributed by atoms with van der Waals surface area (Å²) in [6.45, 7) is 0. The first-order chi connectivity index (χ1) is 13.9. The molecule has 0 saturated heterocycles. The van der Waals surface area contributed by atoms with Gasteiger partial charge in [-0.05, 0) is 6.42 Å². The zero-order valence-corrected chi connectivity index (χ0v) is 16.4. The van der Waals surface area contributed by atoms with Crippen LogP contribution in [0.25, 0.3) is 0 Å². The molecule has 0 heterocycles. The molecule has 0 amide bonds. The van der Waals surface area contributed by atoms with Crippen LogP contribution in [0.4, 0.5) is 0 Å². The molecule has 29 heavy (non-hydrogen) atoms. The minimum absolute atomic E-state index is 0.158. The fourth-order valence-corrected chi connectivity index (χ4v) is 5.87. The van der Waals surface area contributed by atoms with E-state index in [9.17, 15) is 19.2 Å². The van der Waals surface area contributed by atoms with E-state index in [2.05, 4.69) is 0 Å². The second-order valence-corrected chi connectivity index (χ2v) is 7.39. The van der Waals surface area contributed by atoms with Crippen LogP contribution in [0, 0.1) is 22.7 Å². The number of esters is 4. The Labute approximate surface area is 166 Å². The fraction of sp³-hybridized carbons (Fsp3) is 0.429. The van der Waals surface area contributed by atoms with Crippen LogP contribution in [0.3, 0.4) is 0 Å². The van der Waals surface area contributed by atoms with Crippen molar-refractivity contribution >= 4 is 23.9 Å². The normalized spacial score (nSPS) is 33.0. The average Bonchev–Trinajstić information content (AvgIpc) is 3.17. The number of carbonyl (C=O) groups is 4. The molecule has 0 aromatic carbocycles. The van der Waals surface area contributed by atoms with Gasteiger partial charge in [0.15, 0.2) is 0 Å². The first-order valence-electron chi connectivity index (χ1n) is 9.05. The highest BCUT2D eigenvalue weighted by Crippen LogP contribution is 2.80. The molecular weight excluding hydrogens is 380 g/mol. The van der Waals surface area contributed by atoms with Crippen LogP contribution in [0.2, 0.25) is 0 Å².